The first-order valence-corrected chi connectivity index (χ1v) is 10.2. The van der Waals surface area contributed by atoms with E-state index in [2.05, 4.69) is 9.47 Å². The minimum atomic E-state index is -7.25. The molecule has 3 unspecified atom stereocenters. The number of rotatable bonds is 14. The van der Waals surface area contributed by atoms with Crippen molar-refractivity contribution in [2.24, 2.45) is 0 Å². The number of aliphatic hydroxyl groups is 1. The van der Waals surface area contributed by atoms with Crippen molar-refractivity contribution in [1.29, 1.82) is 0 Å². The zero-order chi connectivity index (χ0) is 31.0. The Morgan fingerprint density at radius 3 is 1.16 bits per heavy atom. The first-order chi connectivity index (χ1) is 16.4. The summed E-state index contributed by atoms with van der Waals surface area (Å²) in [5.74, 6) is -16.4. The summed E-state index contributed by atoms with van der Waals surface area (Å²) < 4.78 is 259. The van der Waals surface area contributed by atoms with Crippen molar-refractivity contribution in [1.82, 2.24) is 0 Å². The van der Waals surface area contributed by atoms with Gasteiger partial charge in [-0.2, -0.15) is 79.0 Å². The lowest BCUT2D eigenvalue weighted by Crippen LogP contribution is -2.55. The van der Waals surface area contributed by atoms with Gasteiger partial charge in [-0.3, -0.25) is 9.47 Å². The third-order valence-electron chi connectivity index (χ3n) is 3.46. The van der Waals surface area contributed by atoms with Crippen LogP contribution in [0, 0.1) is 0 Å². The third-order valence-corrected chi connectivity index (χ3v) is 5.96. The first kappa shape index (κ1) is 37.2. The highest BCUT2D eigenvalue weighted by Crippen LogP contribution is 2.51. The molecule has 38 heavy (non-hydrogen) atoms. The van der Waals surface area contributed by atoms with E-state index in [1.165, 1.54) is 0 Å². The summed E-state index contributed by atoms with van der Waals surface area (Å²) in [6.45, 7) is -1.88. The molecule has 25 heteroatoms. The van der Waals surface area contributed by atoms with E-state index in [1.807, 2.05) is 0 Å². The minimum absolute atomic E-state index is 1.54. The smallest absolute Gasteiger partial charge is 0.395 e. The van der Waals surface area contributed by atoms with E-state index < -0.39 is 101 Å². The zero-order valence-electron chi connectivity index (χ0n) is 16.8. The molecule has 0 fully saturated rings. The average molecular weight is 656 g/mol. The Bertz CT molecular complexity index is 768. The van der Waals surface area contributed by atoms with Crippen LogP contribution in [-0.2, 0) is 9.47 Å². The van der Waals surface area contributed by atoms with Crippen LogP contribution in [0.25, 0.3) is 0 Å². The number of halogens is 20. The van der Waals surface area contributed by atoms with E-state index in [0.29, 0.717) is 0 Å². The van der Waals surface area contributed by atoms with E-state index in [9.17, 15) is 87.8 Å². The Kier molecular flexibility index (Phi) is 11.3. The second-order valence-electron chi connectivity index (χ2n) is 6.40. The van der Waals surface area contributed by atoms with Gasteiger partial charge in [0.2, 0.25) is 0 Å². The van der Waals surface area contributed by atoms with E-state index in [1.54, 1.807) is 0 Å². The maximum absolute atomic E-state index is 13.6. The molecule has 0 heterocycles. The van der Waals surface area contributed by atoms with Crippen molar-refractivity contribution in [2.45, 2.75) is 64.9 Å². The second kappa shape index (κ2) is 11.6. The van der Waals surface area contributed by atoms with Crippen molar-refractivity contribution in [3.63, 3.8) is 0 Å². The van der Waals surface area contributed by atoms with Crippen LogP contribution in [0.4, 0.5) is 87.8 Å². The summed E-state index contributed by atoms with van der Waals surface area (Å²) in [4.78, 5) is 0. The lowest BCUT2D eigenvalue weighted by atomic mass is 10.3. The molecule has 0 aliphatic heterocycles. The number of ether oxygens (including phenoxy) is 2. The van der Waals surface area contributed by atoms with Crippen LogP contribution < -0.4 is 0 Å². The summed E-state index contributed by atoms with van der Waals surface area (Å²) in [6.07, 6.45) is -38.4. The van der Waals surface area contributed by atoms with Crippen molar-refractivity contribution >= 4 is 23.5 Å². The standard InChI is InChI=1S/C13H8F20O3S2/c14-4(35-12(30,31)8(20,21)10(24,25)26)6(16,17)37-2-3(1-34)38-7(18,19)5(15)36-13(32,33)9(22,23)11(27,28)29/h3-5,34H,1-2H2. The molecule has 0 aliphatic carbocycles. The van der Waals surface area contributed by atoms with Gasteiger partial charge in [0, 0.05) is 11.0 Å². The molecular weight excluding hydrogens is 648 g/mol. The topological polar surface area (TPSA) is 38.7 Å². The number of thioether (sulfide) groups is 2. The number of hydrogen-bond acceptors (Lipinski definition) is 5. The largest absolute Gasteiger partial charge is 0.462 e. The highest BCUT2D eigenvalue weighted by molar-refractivity contribution is 8.04. The molecule has 0 saturated heterocycles. The van der Waals surface area contributed by atoms with Crippen LogP contribution in [0.5, 0.6) is 0 Å². The average Bonchev–Trinajstić information content (AvgIpc) is 2.68. The predicted octanol–water partition coefficient (Wildman–Crippen LogP) is 7.20. The third kappa shape index (κ3) is 8.34. The van der Waals surface area contributed by atoms with Crippen LogP contribution >= 0.6 is 23.5 Å². The van der Waals surface area contributed by atoms with Gasteiger partial charge >= 0.3 is 46.9 Å². The maximum atomic E-state index is 13.6. The van der Waals surface area contributed by atoms with Crippen molar-refractivity contribution in [2.75, 3.05) is 12.4 Å². The molecule has 230 valence electrons. The van der Waals surface area contributed by atoms with Gasteiger partial charge in [-0.05, 0) is 0 Å². The molecule has 0 radical (unpaired) electrons. The van der Waals surface area contributed by atoms with Gasteiger partial charge in [0.1, 0.15) is 0 Å². The minimum Gasteiger partial charge on any atom is -0.395 e. The molecule has 0 saturated carbocycles. The molecule has 0 aromatic heterocycles. The molecule has 0 spiro atoms. The van der Waals surface area contributed by atoms with Gasteiger partial charge in [-0.15, -0.1) is 0 Å². The fraction of sp³-hybridized carbons (Fsp3) is 1.00. The van der Waals surface area contributed by atoms with Crippen molar-refractivity contribution in [3.05, 3.63) is 0 Å². The van der Waals surface area contributed by atoms with E-state index in [4.69, 9.17) is 5.11 Å². The van der Waals surface area contributed by atoms with Gasteiger partial charge < -0.3 is 5.11 Å². The second-order valence-corrected chi connectivity index (χ2v) is 9.02. The first-order valence-electron chi connectivity index (χ1n) is 8.36. The fourth-order valence-electron chi connectivity index (χ4n) is 1.54. The summed E-state index contributed by atoms with van der Waals surface area (Å²) in [6, 6.07) is 0. The lowest BCUT2D eigenvalue weighted by molar-refractivity contribution is -0.446. The molecule has 0 aliphatic rings. The molecule has 3 atom stereocenters. The van der Waals surface area contributed by atoms with Gasteiger partial charge in [0.05, 0.1) is 6.61 Å². The fourth-order valence-corrected chi connectivity index (χ4v) is 3.39. The Labute approximate surface area is 204 Å². The highest BCUT2D eigenvalue weighted by Gasteiger charge is 2.77. The van der Waals surface area contributed by atoms with Gasteiger partial charge in [0.15, 0.2) is 0 Å². The monoisotopic (exact) mass is 656 g/mol. The Balaban J connectivity index is 5.44. The predicted molar refractivity (Wildman–Crippen MR) is 84.7 cm³/mol. The van der Waals surface area contributed by atoms with E-state index >= 15 is 0 Å². The number of hydrogen-bond donors (Lipinski definition) is 1. The summed E-state index contributed by atoms with van der Waals surface area (Å²) in [7, 11) is 0. The number of alkyl halides is 20. The zero-order valence-corrected chi connectivity index (χ0v) is 18.4. The van der Waals surface area contributed by atoms with Crippen LogP contribution in [0.3, 0.4) is 0 Å². The molecule has 0 bridgehead atoms. The SMILES string of the molecule is OCC(CSC(F)(F)C(F)OC(F)(F)C(F)(F)C(F)(F)F)SC(F)(F)C(F)OC(F)(F)C(F)(F)C(F)(F)F. The van der Waals surface area contributed by atoms with Crippen LogP contribution in [-0.4, -0.2) is 82.4 Å². The molecule has 0 aromatic rings. The van der Waals surface area contributed by atoms with Gasteiger partial charge in [-0.25, -0.2) is 8.78 Å². The van der Waals surface area contributed by atoms with Crippen LogP contribution in [0.1, 0.15) is 0 Å². The van der Waals surface area contributed by atoms with Crippen molar-refractivity contribution < 1.29 is 102 Å². The lowest BCUT2D eigenvalue weighted by Gasteiger charge is -2.32. The van der Waals surface area contributed by atoms with Gasteiger partial charge in [-0.1, -0.05) is 23.5 Å². The Morgan fingerprint density at radius 1 is 0.553 bits per heavy atom. The summed E-state index contributed by atoms with van der Waals surface area (Å²) in [5, 5.41) is -5.20. The number of aliphatic hydroxyl groups excluding tert-OH is 1. The quantitative estimate of drug-likeness (QED) is 0.200. The molecule has 3 nitrogen and oxygen atoms in total. The molecule has 0 rings (SSSR count). The van der Waals surface area contributed by atoms with E-state index in [-0.39, 0.29) is 0 Å². The molecular formula is C13H8F20O3S2. The summed E-state index contributed by atoms with van der Waals surface area (Å²) in [5.41, 5.74) is 0. The summed E-state index contributed by atoms with van der Waals surface area (Å²) >= 11 is -3.13. The normalized spacial score (nSPS) is 17.9. The van der Waals surface area contributed by atoms with Crippen LogP contribution in [0.15, 0.2) is 0 Å². The highest BCUT2D eigenvalue weighted by atomic mass is 32.2. The molecule has 0 amide bonds. The van der Waals surface area contributed by atoms with E-state index in [0.717, 1.165) is 0 Å². The molecule has 1 N–H and O–H groups in total. The van der Waals surface area contributed by atoms with Gasteiger partial charge in [0.25, 0.3) is 12.7 Å². The van der Waals surface area contributed by atoms with Crippen molar-refractivity contribution in [3.8, 4) is 0 Å². The molecule has 0 aromatic carbocycles. The Hall–Kier alpha value is -0.820. The Morgan fingerprint density at radius 2 is 0.868 bits per heavy atom. The maximum Gasteiger partial charge on any atom is 0.462 e. The van der Waals surface area contributed by atoms with Crippen LogP contribution in [0.2, 0.25) is 0 Å².